The summed E-state index contributed by atoms with van der Waals surface area (Å²) in [5.74, 6) is 0.659. The van der Waals surface area contributed by atoms with Crippen molar-refractivity contribution < 1.29 is 9.90 Å². The Balaban J connectivity index is 1.81. The third-order valence-corrected chi connectivity index (χ3v) is 4.11. The van der Waals surface area contributed by atoms with Crippen molar-refractivity contribution >= 4 is 6.03 Å². The SMILES string of the molecule is CC(C)CC1(CNC(=O)NC(CO)c2ccccc2)CC1. The molecule has 1 fully saturated rings. The zero-order chi connectivity index (χ0) is 15.3. The molecule has 0 saturated heterocycles. The van der Waals surface area contributed by atoms with E-state index in [2.05, 4.69) is 24.5 Å². The fraction of sp³-hybridized carbons (Fsp3) is 0.588. The Labute approximate surface area is 126 Å². The van der Waals surface area contributed by atoms with E-state index in [1.807, 2.05) is 30.3 Å². The number of rotatable bonds is 7. The van der Waals surface area contributed by atoms with Crippen molar-refractivity contribution in [2.45, 2.75) is 39.2 Å². The van der Waals surface area contributed by atoms with Gasteiger partial charge in [0.15, 0.2) is 0 Å². The first kappa shape index (κ1) is 15.8. The van der Waals surface area contributed by atoms with E-state index in [0.717, 1.165) is 18.5 Å². The summed E-state index contributed by atoms with van der Waals surface area (Å²) in [5.41, 5.74) is 1.23. The van der Waals surface area contributed by atoms with Gasteiger partial charge >= 0.3 is 6.03 Å². The topological polar surface area (TPSA) is 61.4 Å². The molecule has 116 valence electrons. The van der Waals surface area contributed by atoms with Gasteiger partial charge in [-0.25, -0.2) is 4.79 Å². The highest BCUT2D eigenvalue weighted by Gasteiger charge is 2.42. The molecule has 2 rings (SSSR count). The van der Waals surface area contributed by atoms with Gasteiger partial charge in [0.2, 0.25) is 0 Å². The summed E-state index contributed by atoms with van der Waals surface area (Å²) < 4.78 is 0. The van der Waals surface area contributed by atoms with Crippen LogP contribution in [-0.2, 0) is 0 Å². The van der Waals surface area contributed by atoms with E-state index in [1.165, 1.54) is 12.8 Å². The maximum atomic E-state index is 12.0. The summed E-state index contributed by atoms with van der Waals surface area (Å²) in [4.78, 5) is 12.0. The lowest BCUT2D eigenvalue weighted by molar-refractivity contribution is 0.214. The molecule has 0 heterocycles. The number of hydrogen-bond acceptors (Lipinski definition) is 2. The maximum Gasteiger partial charge on any atom is 0.315 e. The molecule has 21 heavy (non-hydrogen) atoms. The van der Waals surface area contributed by atoms with E-state index < -0.39 is 0 Å². The average molecular weight is 290 g/mol. The molecular formula is C17H26N2O2. The summed E-state index contributed by atoms with van der Waals surface area (Å²) >= 11 is 0. The summed E-state index contributed by atoms with van der Waals surface area (Å²) in [6, 6.07) is 8.98. The molecular weight excluding hydrogens is 264 g/mol. The van der Waals surface area contributed by atoms with Crippen LogP contribution >= 0.6 is 0 Å². The normalized spacial score (nSPS) is 17.3. The van der Waals surface area contributed by atoms with Crippen molar-refractivity contribution in [3.05, 3.63) is 35.9 Å². The van der Waals surface area contributed by atoms with E-state index in [9.17, 15) is 9.90 Å². The molecule has 0 aliphatic heterocycles. The van der Waals surface area contributed by atoms with Crippen molar-refractivity contribution in [3.8, 4) is 0 Å². The first-order valence-electron chi connectivity index (χ1n) is 7.75. The third-order valence-electron chi connectivity index (χ3n) is 4.11. The first-order chi connectivity index (χ1) is 10.0. The fourth-order valence-corrected chi connectivity index (χ4v) is 2.89. The Hall–Kier alpha value is -1.55. The van der Waals surface area contributed by atoms with Gasteiger partial charge in [-0.2, -0.15) is 0 Å². The van der Waals surface area contributed by atoms with Crippen LogP contribution in [0.15, 0.2) is 30.3 Å². The van der Waals surface area contributed by atoms with Crippen molar-refractivity contribution in [3.63, 3.8) is 0 Å². The minimum absolute atomic E-state index is 0.103. The molecule has 4 nitrogen and oxygen atoms in total. The number of hydrogen-bond donors (Lipinski definition) is 3. The molecule has 1 saturated carbocycles. The molecule has 1 atom stereocenters. The second-order valence-electron chi connectivity index (χ2n) is 6.57. The van der Waals surface area contributed by atoms with Crippen molar-refractivity contribution in [2.75, 3.05) is 13.2 Å². The van der Waals surface area contributed by atoms with Crippen molar-refractivity contribution in [1.82, 2.24) is 10.6 Å². The van der Waals surface area contributed by atoms with E-state index in [1.54, 1.807) is 0 Å². The molecule has 0 bridgehead atoms. The number of nitrogens with one attached hydrogen (secondary N) is 2. The molecule has 1 aliphatic rings. The zero-order valence-corrected chi connectivity index (χ0v) is 12.9. The summed E-state index contributed by atoms with van der Waals surface area (Å²) in [7, 11) is 0. The molecule has 1 unspecified atom stereocenters. The molecule has 3 N–H and O–H groups in total. The van der Waals surface area contributed by atoms with E-state index >= 15 is 0 Å². The summed E-state index contributed by atoms with van der Waals surface area (Å²) in [6.07, 6.45) is 3.57. The average Bonchev–Trinajstić information content (AvgIpc) is 3.23. The Morgan fingerprint density at radius 2 is 1.95 bits per heavy atom. The Morgan fingerprint density at radius 3 is 2.48 bits per heavy atom. The van der Waals surface area contributed by atoms with Crippen molar-refractivity contribution in [1.29, 1.82) is 0 Å². The van der Waals surface area contributed by atoms with Gasteiger partial charge in [0.1, 0.15) is 0 Å². The van der Waals surface area contributed by atoms with Crippen LogP contribution < -0.4 is 10.6 Å². The number of aliphatic hydroxyl groups is 1. The van der Waals surface area contributed by atoms with Gasteiger partial charge in [-0.15, -0.1) is 0 Å². The Morgan fingerprint density at radius 1 is 1.29 bits per heavy atom. The molecule has 0 radical (unpaired) electrons. The third kappa shape index (κ3) is 4.74. The standard InChI is InChI=1S/C17H26N2O2/c1-13(2)10-17(8-9-17)12-18-16(21)19-15(11-20)14-6-4-3-5-7-14/h3-7,13,15,20H,8-12H2,1-2H3,(H2,18,19,21). The lowest BCUT2D eigenvalue weighted by Crippen LogP contribution is -2.41. The highest BCUT2D eigenvalue weighted by atomic mass is 16.3. The lowest BCUT2D eigenvalue weighted by atomic mass is 9.94. The highest BCUT2D eigenvalue weighted by Crippen LogP contribution is 2.49. The van der Waals surface area contributed by atoms with Crippen LogP contribution in [0.25, 0.3) is 0 Å². The van der Waals surface area contributed by atoms with E-state index in [-0.39, 0.29) is 18.7 Å². The number of carbonyl (C=O) groups is 1. The van der Waals surface area contributed by atoms with Gasteiger partial charge in [-0.05, 0) is 36.2 Å². The van der Waals surface area contributed by atoms with Gasteiger partial charge in [0.05, 0.1) is 12.6 Å². The number of amides is 2. The number of benzene rings is 1. The summed E-state index contributed by atoms with van der Waals surface area (Å²) in [6.45, 7) is 5.06. The quantitative estimate of drug-likeness (QED) is 0.723. The lowest BCUT2D eigenvalue weighted by Gasteiger charge is -2.21. The van der Waals surface area contributed by atoms with Crippen LogP contribution in [0.4, 0.5) is 4.79 Å². The van der Waals surface area contributed by atoms with Gasteiger partial charge in [0.25, 0.3) is 0 Å². The maximum absolute atomic E-state index is 12.0. The largest absolute Gasteiger partial charge is 0.394 e. The molecule has 0 aromatic heterocycles. The van der Waals surface area contributed by atoms with Crippen LogP contribution in [0.2, 0.25) is 0 Å². The molecule has 0 spiro atoms. The number of aliphatic hydroxyl groups excluding tert-OH is 1. The van der Waals surface area contributed by atoms with Crippen LogP contribution in [0, 0.1) is 11.3 Å². The Kier molecular flexibility index (Phi) is 5.23. The predicted molar refractivity (Wildman–Crippen MR) is 83.9 cm³/mol. The second kappa shape index (κ2) is 6.94. The molecule has 1 aliphatic carbocycles. The van der Waals surface area contributed by atoms with Crippen molar-refractivity contribution in [2.24, 2.45) is 11.3 Å². The zero-order valence-electron chi connectivity index (χ0n) is 12.9. The van der Waals surface area contributed by atoms with Crippen LogP contribution in [0.3, 0.4) is 0 Å². The molecule has 2 amide bonds. The Bertz CT molecular complexity index is 455. The number of carbonyl (C=O) groups excluding carboxylic acids is 1. The van der Waals surface area contributed by atoms with Gasteiger partial charge in [0, 0.05) is 6.54 Å². The van der Waals surface area contributed by atoms with E-state index in [4.69, 9.17) is 0 Å². The smallest absolute Gasteiger partial charge is 0.315 e. The van der Waals surface area contributed by atoms with Gasteiger partial charge in [-0.1, -0.05) is 44.2 Å². The van der Waals surface area contributed by atoms with Gasteiger partial charge < -0.3 is 15.7 Å². The fourth-order valence-electron chi connectivity index (χ4n) is 2.89. The van der Waals surface area contributed by atoms with Crippen LogP contribution in [0.1, 0.15) is 44.7 Å². The van der Waals surface area contributed by atoms with Gasteiger partial charge in [-0.3, -0.25) is 0 Å². The number of urea groups is 1. The first-order valence-corrected chi connectivity index (χ1v) is 7.75. The summed E-state index contributed by atoms with van der Waals surface area (Å²) in [5, 5.41) is 15.2. The second-order valence-corrected chi connectivity index (χ2v) is 6.57. The van der Waals surface area contributed by atoms with Crippen LogP contribution in [-0.4, -0.2) is 24.3 Å². The minimum Gasteiger partial charge on any atom is -0.394 e. The van der Waals surface area contributed by atoms with E-state index in [0.29, 0.717) is 11.3 Å². The molecule has 1 aromatic rings. The monoisotopic (exact) mass is 290 g/mol. The molecule has 1 aromatic carbocycles. The minimum atomic E-state index is -0.355. The molecule has 4 heteroatoms. The van der Waals surface area contributed by atoms with Crippen LogP contribution in [0.5, 0.6) is 0 Å². The highest BCUT2D eigenvalue weighted by molar-refractivity contribution is 5.74. The predicted octanol–water partition coefficient (Wildman–Crippen LogP) is 2.85.